The average Bonchev–Trinajstić information content (AvgIpc) is 2.50. The summed E-state index contributed by atoms with van der Waals surface area (Å²) in [7, 11) is 2.13. The smallest absolute Gasteiger partial charge is 0.168 e. The second-order valence-electron chi connectivity index (χ2n) is 3.80. The molecule has 1 aromatic heterocycles. The van der Waals surface area contributed by atoms with E-state index >= 15 is 0 Å². The number of aromatic nitrogens is 2. The Bertz CT molecular complexity index is 318. The van der Waals surface area contributed by atoms with Crippen LogP contribution in [0.4, 0.5) is 0 Å². The van der Waals surface area contributed by atoms with Gasteiger partial charge in [-0.3, -0.25) is 4.68 Å². The van der Waals surface area contributed by atoms with Gasteiger partial charge in [-0.05, 0) is 48.9 Å². The highest BCUT2D eigenvalue weighted by Crippen LogP contribution is 2.30. The van der Waals surface area contributed by atoms with Crippen molar-refractivity contribution in [1.29, 1.82) is 0 Å². The molecule has 0 unspecified atom stereocenters. The van der Waals surface area contributed by atoms with E-state index in [0.29, 0.717) is 10.6 Å². The summed E-state index contributed by atoms with van der Waals surface area (Å²) in [5.74, 6) is 0.226. The Morgan fingerprint density at radius 2 is 2.14 bits per heavy atom. The minimum atomic E-state index is 0.226. The third kappa shape index (κ3) is 1.79. The second-order valence-corrected chi connectivity index (χ2v) is 4.55. The Kier molecular flexibility index (Phi) is 2.78. The fourth-order valence-corrected chi connectivity index (χ4v) is 2.32. The highest BCUT2D eigenvalue weighted by atomic mass is 79.9. The summed E-state index contributed by atoms with van der Waals surface area (Å²) in [6, 6.07) is 0.418. The van der Waals surface area contributed by atoms with Gasteiger partial charge in [-0.2, -0.15) is 5.10 Å². The molecule has 1 fully saturated rings. The first-order chi connectivity index (χ1) is 6.68. The Labute approximate surface area is 91.6 Å². The summed E-state index contributed by atoms with van der Waals surface area (Å²) in [6.45, 7) is 2.19. The fourth-order valence-electron chi connectivity index (χ4n) is 1.83. The monoisotopic (exact) mass is 259 g/mol. The van der Waals surface area contributed by atoms with Crippen LogP contribution in [0.1, 0.15) is 18.9 Å². The van der Waals surface area contributed by atoms with Crippen molar-refractivity contribution in [3.63, 3.8) is 0 Å². The van der Waals surface area contributed by atoms with Crippen molar-refractivity contribution >= 4 is 15.9 Å². The molecule has 2 rings (SSSR count). The highest BCUT2D eigenvalue weighted by molar-refractivity contribution is 9.10. The standard InChI is InChI=1S/C9H14BrN3O/c1-12-4-2-7(3-5-12)13-9(10)8(14)6-11-13/h6-7,14H,2-5H2,1H3. The lowest BCUT2D eigenvalue weighted by Gasteiger charge is -2.29. The number of nitrogens with zero attached hydrogens (tertiary/aromatic N) is 3. The first-order valence-electron chi connectivity index (χ1n) is 4.79. The Balaban J connectivity index is 2.12. The third-order valence-corrected chi connectivity index (χ3v) is 3.52. The number of halogens is 1. The van der Waals surface area contributed by atoms with Crippen molar-refractivity contribution in [2.45, 2.75) is 18.9 Å². The lowest BCUT2D eigenvalue weighted by atomic mass is 10.1. The molecule has 0 amide bonds. The average molecular weight is 260 g/mol. The SMILES string of the molecule is CN1CCC(n2ncc(O)c2Br)CC1. The predicted octanol–water partition coefficient (Wildman–Crippen LogP) is 1.62. The van der Waals surface area contributed by atoms with Crippen LogP contribution >= 0.6 is 15.9 Å². The van der Waals surface area contributed by atoms with E-state index < -0.39 is 0 Å². The van der Waals surface area contributed by atoms with Crippen LogP contribution in [0.2, 0.25) is 0 Å². The zero-order valence-corrected chi connectivity index (χ0v) is 9.74. The second kappa shape index (κ2) is 3.90. The van der Waals surface area contributed by atoms with Crippen LogP contribution in [-0.4, -0.2) is 39.9 Å². The maximum Gasteiger partial charge on any atom is 0.168 e. The lowest BCUT2D eigenvalue weighted by Crippen LogP contribution is -2.31. The van der Waals surface area contributed by atoms with Crippen molar-refractivity contribution in [3.05, 3.63) is 10.8 Å². The molecule has 1 aliphatic rings. The van der Waals surface area contributed by atoms with Gasteiger partial charge in [-0.15, -0.1) is 0 Å². The first-order valence-corrected chi connectivity index (χ1v) is 5.58. The number of piperidine rings is 1. The highest BCUT2D eigenvalue weighted by Gasteiger charge is 2.21. The van der Waals surface area contributed by atoms with Crippen LogP contribution in [0.15, 0.2) is 10.8 Å². The van der Waals surface area contributed by atoms with Crippen LogP contribution in [0.5, 0.6) is 5.75 Å². The number of rotatable bonds is 1. The fraction of sp³-hybridized carbons (Fsp3) is 0.667. The topological polar surface area (TPSA) is 41.3 Å². The van der Waals surface area contributed by atoms with Crippen molar-refractivity contribution in [2.75, 3.05) is 20.1 Å². The van der Waals surface area contributed by atoms with E-state index in [2.05, 4.69) is 33.0 Å². The molecule has 5 heteroatoms. The molecule has 1 aromatic rings. The quantitative estimate of drug-likeness (QED) is 0.834. The van der Waals surface area contributed by atoms with E-state index in [1.807, 2.05) is 4.68 Å². The maximum absolute atomic E-state index is 9.38. The Morgan fingerprint density at radius 3 is 2.64 bits per heavy atom. The summed E-state index contributed by atoms with van der Waals surface area (Å²) in [5, 5.41) is 13.5. The summed E-state index contributed by atoms with van der Waals surface area (Å²) in [4.78, 5) is 2.31. The summed E-state index contributed by atoms with van der Waals surface area (Å²) >= 11 is 3.34. The van der Waals surface area contributed by atoms with Gasteiger partial charge in [0.2, 0.25) is 0 Å². The molecular formula is C9H14BrN3O. The van der Waals surface area contributed by atoms with Gasteiger partial charge in [0.05, 0.1) is 12.2 Å². The van der Waals surface area contributed by atoms with Crippen LogP contribution < -0.4 is 0 Å². The van der Waals surface area contributed by atoms with E-state index in [4.69, 9.17) is 0 Å². The van der Waals surface area contributed by atoms with Crippen molar-refractivity contribution in [2.24, 2.45) is 0 Å². The van der Waals surface area contributed by atoms with E-state index in [9.17, 15) is 5.11 Å². The van der Waals surface area contributed by atoms with E-state index in [1.165, 1.54) is 6.20 Å². The van der Waals surface area contributed by atoms with Crippen molar-refractivity contribution in [1.82, 2.24) is 14.7 Å². The molecule has 0 bridgehead atoms. The molecule has 0 atom stereocenters. The summed E-state index contributed by atoms with van der Waals surface area (Å²) in [5.41, 5.74) is 0. The van der Waals surface area contributed by atoms with Crippen LogP contribution in [-0.2, 0) is 0 Å². The number of hydrogen-bond acceptors (Lipinski definition) is 3. The molecule has 1 aliphatic heterocycles. The Morgan fingerprint density at radius 1 is 1.50 bits per heavy atom. The van der Waals surface area contributed by atoms with Gasteiger partial charge < -0.3 is 10.0 Å². The van der Waals surface area contributed by atoms with Gasteiger partial charge in [0.25, 0.3) is 0 Å². The van der Waals surface area contributed by atoms with Crippen LogP contribution in [0, 0.1) is 0 Å². The number of likely N-dealkylation sites (tertiary alicyclic amines) is 1. The molecule has 1 saturated heterocycles. The zero-order valence-electron chi connectivity index (χ0n) is 8.15. The largest absolute Gasteiger partial charge is 0.504 e. The third-order valence-electron chi connectivity index (χ3n) is 2.75. The molecule has 0 spiro atoms. The van der Waals surface area contributed by atoms with Crippen LogP contribution in [0.25, 0.3) is 0 Å². The Hall–Kier alpha value is -0.550. The molecule has 0 aromatic carbocycles. The van der Waals surface area contributed by atoms with Gasteiger partial charge in [0.1, 0.15) is 4.60 Å². The molecule has 1 N–H and O–H groups in total. The van der Waals surface area contributed by atoms with Crippen molar-refractivity contribution < 1.29 is 5.11 Å². The van der Waals surface area contributed by atoms with Gasteiger partial charge in [-0.1, -0.05) is 0 Å². The molecule has 4 nitrogen and oxygen atoms in total. The van der Waals surface area contributed by atoms with Gasteiger partial charge in [0, 0.05) is 0 Å². The lowest BCUT2D eigenvalue weighted by molar-refractivity contribution is 0.210. The van der Waals surface area contributed by atoms with Crippen LogP contribution in [0.3, 0.4) is 0 Å². The van der Waals surface area contributed by atoms with E-state index in [0.717, 1.165) is 25.9 Å². The molecule has 0 radical (unpaired) electrons. The van der Waals surface area contributed by atoms with E-state index in [1.54, 1.807) is 0 Å². The zero-order chi connectivity index (χ0) is 10.1. The normalized spacial score (nSPS) is 20.1. The number of hydrogen-bond donors (Lipinski definition) is 1. The van der Waals surface area contributed by atoms with Gasteiger partial charge in [0.15, 0.2) is 5.75 Å². The summed E-state index contributed by atoms with van der Waals surface area (Å²) < 4.78 is 2.58. The van der Waals surface area contributed by atoms with Gasteiger partial charge in [-0.25, -0.2) is 0 Å². The minimum absolute atomic E-state index is 0.226. The molecule has 78 valence electrons. The summed E-state index contributed by atoms with van der Waals surface area (Å²) in [6.07, 6.45) is 3.68. The molecular weight excluding hydrogens is 246 g/mol. The maximum atomic E-state index is 9.38. The van der Waals surface area contributed by atoms with Gasteiger partial charge >= 0.3 is 0 Å². The molecule has 2 heterocycles. The minimum Gasteiger partial charge on any atom is -0.504 e. The van der Waals surface area contributed by atoms with E-state index in [-0.39, 0.29) is 5.75 Å². The molecule has 14 heavy (non-hydrogen) atoms. The predicted molar refractivity (Wildman–Crippen MR) is 57.4 cm³/mol. The molecule has 0 aliphatic carbocycles. The van der Waals surface area contributed by atoms with Crippen molar-refractivity contribution in [3.8, 4) is 5.75 Å². The number of aromatic hydroxyl groups is 1. The first kappa shape index (κ1) is 9.98. The molecule has 0 saturated carbocycles.